The summed E-state index contributed by atoms with van der Waals surface area (Å²) in [6, 6.07) is 15.4. The van der Waals surface area contributed by atoms with E-state index in [4.69, 9.17) is 5.26 Å². The van der Waals surface area contributed by atoms with Crippen LogP contribution in [0, 0.1) is 11.3 Å². The molecule has 0 heterocycles. The third-order valence-corrected chi connectivity index (χ3v) is 3.72. The van der Waals surface area contributed by atoms with Gasteiger partial charge in [0.15, 0.2) is 0 Å². The molecule has 0 fully saturated rings. The molecule has 0 aliphatic heterocycles. The fourth-order valence-electron chi connectivity index (χ4n) is 2.49. The Labute approximate surface area is 157 Å². The molecule has 7 nitrogen and oxygen atoms in total. The fraction of sp³-hybridized carbons (Fsp3) is 0.200. The van der Waals surface area contributed by atoms with Crippen molar-refractivity contribution in [3.8, 4) is 6.07 Å². The summed E-state index contributed by atoms with van der Waals surface area (Å²) in [7, 11) is 0. The maximum atomic E-state index is 12.2. The van der Waals surface area contributed by atoms with Gasteiger partial charge in [-0.3, -0.25) is 14.4 Å². The van der Waals surface area contributed by atoms with Crippen LogP contribution in [-0.2, 0) is 14.4 Å². The average molecular weight is 364 g/mol. The minimum absolute atomic E-state index is 0.101. The maximum absolute atomic E-state index is 12.2. The van der Waals surface area contributed by atoms with Gasteiger partial charge in [0.1, 0.15) is 0 Å². The molecular weight excluding hydrogens is 344 g/mol. The molecule has 0 bridgehead atoms. The smallest absolute Gasteiger partial charge is 0.226 e. The highest BCUT2D eigenvalue weighted by Crippen LogP contribution is 2.20. The molecule has 2 aromatic carbocycles. The van der Waals surface area contributed by atoms with Crippen molar-refractivity contribution in [2.45, 2.75) is 20.3 Å². The molecule has 3 amide bonds. The SMILES string of the molecule is CC(=O)Nc1cccc(N(CCC(=O)Nc2ccc(C#N)cc2)C(C)=O)c1. The summed E-state index contributed by atoms with van der Waals surface area (Å²) in [6.45, 7) is 3.02. The van der Waals surface area contributed by atoms with E-state index in [1.807, 2.05) is 6.07 Å². The Morgan fingerprint density at radius 1 is 1.00 bits per heavy atom. The molecule has 0 radical (unpaired) electrons. The number of amides is 3. The minimum Gasteiger partial charge on any atom is -0.326 e. The lowest BCUT2D eigenvalue weighted by molar-refractivity contribution is -0.117. The average Bonchev–Trinajstić information content (AvgIpc) is 2.62. The van der Waals surface area contributed by atoms with Crippen molar-refractivity contribution >= 4 is 34.8 Å². The first-order valence-corrected chi connectivity index (χ1v) is 8.35. The lowest BCUT2D eigenvalue weighted by atomic mass is 10.2. The molecule has 138 valence electrons. The highest BCUT2D eigenvalue weighted by atomic mass is 16.2. The lowest BCUT2D eigenvalue weighted by Crippen LogP contribution is -2.32. The van der Waals surface area contributed by atoms with Crippen molar-refractivity contribution in [2.24, 2.45) is 0 Å². The molecule has 0 saturated carbocycles. The number of nitriles is 1. The lowest BCUT2D eigenvalue weighted by Gasteiger charge is -2.21. The highest BCUT2D eigenvalue weighted by molar-refractivity contribution is 5.96. The summed E-state index contributed by atoms with van der Waals surface area (Å²) in [5.41, 5.74) is 2.27. The topological polar surface area (TPSA) is 102 Å². The Morgan fingerprint density at radius 2 is 1.70 bits per heavy atom. The maximum Gasteiger partial charge on any atom is 0.226 e. The minimum atomic E-state index is -0.246. The summed E-state index contributed by atoms with van der Waals surface area (Å²) in [6.07, 6.45) is 0.101. The van der Waals surface area contributed by atoms with Gasteiger partial charge in [-0.2, -0.15) is 5.26 Å². The molecule has 2 aromatic rings. The Hall–Kier alpha value is -3.66. The molecular formula is C20H20N4O3. The van der Waals surface area contributed by atoms with Gasteiger partial charge in [-0.15, -0.1) is 0 Å². The standard InChI is InChI=1S/C20H20N4O3/c1-14(25)22-18-4-3-5-19(12-18)24(15(2)26)11-10-20(27)23-17-8-6-16(13-21)7-9-17/h3-9,12H,10-11H2,1-2H3,(H,22,25)(H,23,27). The van der Waals surface area contributed by atoms with Crippen molar-refractivity contribution in [3.05, 3.63) is 54.1 Å². The number of nitrogens with zero attached hydrogens (tertiary/aromatic N) is 2. The number of hydrogen-bond acceptors (Lipinski definition) is 4. The van der Waals surface area contributed by atoms with Crippen LogP contribution in [-0.4, -0.2) is 24.3 Å². The number of rotatable bonds is 6. The molecule has 27 heavy (non-hydrogen) atoms. The first-order chi connectivity index (χ1) is 12.9. The second-order valence-electron chi connectivity index (χ2n) is 5.89. The van der Waals surface area contributed by atoms with Gasteiger partial charge in [0, 0.05) is 43.9 Å². The highest BCUT2D eigenvalue weighted by Gasteiger charge is 2.14. The molecule has 2 rings (SSSR count). The van der Waals surface area contributed by atoms with Crippen molar-refractivity contribution in [1.29, 1.82) is 5.26 Å². The van der Waals surface area contributed by atoms with E-state index in [9.17, 15) is 14.4 Å². The summed E-state index contributed by atoms with van der Waals surface area (Å²) in [4.78, 5) is 36.8. The van der Waals surface area contributed by atoms with Crippen molar-refractivity contribution in [2.75, 3.05) is 22.1 Å². The molecule has 0 unspecified atom stereocenters. The summed E-state index contributed by atoms with van der Waals surface area (Å²) >= 11 is 0. The van der Waals surface area contributed by atoms with Gasteiger partial charge in [0.05, 0.1) is 11.6 Å². The summed E-state index contributed by atoms with van der Waals surface area (Å²) in [5, 5.41) is 14.2. The van der Waals surface area contributed by atoms with Crippen molar-refractivity contribution in [1.82, 2.24) is 0 Å². The van der Waals surface area contributed by atoms with Crippen LogP contribution in [0.25, 0.3) is 0 Å². The van der Waals surface area contributed by atoms with Crippen LogP contribution >= 0.6 is 0 Å². The number of carbonyl (C=O) groups excluding carboxylic acids is 3. The Kier molecular flexibility index (Phi) is 6.67. The van der Waals surface area contributed by atoms with Crippen molar-refractivity contribution in [3.63, 3.8) is 0 Å². The van der Waals surface area contributed by atoms with Gasteiger partial charge in [-0.05, 0) is 42.5 Å². The van der Waals surface area contributed by atoms with E-state index >= 15 is 0 Å². The van der Waals surface area contributed by atoms with E-state index in [1.54, 1.807) is 48.5 Å². The number of benzene rings is 2. The molecule has 0 aromatic heterocycles. The quantitative estimate of drug-likeness (QED) is 0.822. The third-order valence-electron chi connectivity index (χ3n) is 3.72. The van der Waals surface area contributed by atoms with E-state index in [1.165, 1.54) is 18.7 Å². The number of carbonyl (C=O) groups is 3. The van der Waals surface area contributed by atoms with Crippen LogP contribution in [0.2, 0.25) is 0 Å². The monoisotopic (exact) mass is 364 g/mol. The first kappa shape index (κ1) is 19.7. The molecule has 0 spiro atoms. The Balaban J connectivity index is 2.01. The largest absolute Gasteiger partial charge is 0.326 e. The van der Waals surface area contributed by atoms with E-state index in [2.05, 4.69) is 10.6 Å². The van der Waals surface area contributed by atoms with Crippen LogP contribution in [0.15, 0.2) is 48.5 Å². The molecule has 0 aliphatic carbocycles. The van der Waals surface area contributed by atoms with Crippen LogP contribution in [0.5, 0.6) is 0 Å². The van der Waals surface area contributed by atoms with E-state index in [0.29, 0.717) is 22.6 Å². The first-order valence-electron chi connectivity index (χ1n) is 8.35. The van der Waals surface area contributed by atoms with Crippen molar-refractivity contribution < 1.29 is 14.4 Å². The van der Waals surface area contributed by atoms with Gasteiger partial charge in [0.25, 0.3) is 0 Å². The van der Waals surface area contributed by atoms with Crippen LogP contribution < -0.4 is 15.5 Å². The Bertz CT molecular complexity index is 885. The molecule has 0 atom stereocenters. The number of hydrogen-bond donors (Lipinski definition) is 2. The second-order valence-corrected chi connectivity index (χ2v) is 5.89. The summed E-state index contributed by atoms with van der Waals surface area (Å²) < 4.78 is 0. The second kappa shape index (κ2) is 9.15. The molecule has 0 saturated heterocycles. The normalized spacial score (nSPS) is 9.81. The summed E-state index contributed by atoms with van der Waals surface area (Å²) in [5.74, 6) is -0.659. The number of nitrogens with one attached hydrogen (secondary N) is 2. The van der Waals surface area contributed by atoms with E-state index < -0.39 is 0 Å². The van der Waals surface area contributed by atoms with Gasteiger partial charge in [0.2, 0.25) is 17.7 Å². The zero-order valence-corrected chi connectivity index (χ0v) is 15.2. The molecule has 7 heteroatoms. The van der Waals surface area contributed by atoms with Gasteiger partial charge >= 0.3 is 0 Å². The Morgan fingerprint density at radius 3 is 2.30 bits per heavy atom. The number of anilines is 3. The van der Waals surface area contributed by atoms with Crippen LogP contribution in [0.4, 0.5) is 17.1 Å². The van der Waals surface area contributed by atoms with Gasteiger partial charge in [-0.25, -0.2) is 0 Å². The predicted molar refractivity (Wildman–Crippen MR) is 103 cm³/mol. The van der Waals surface area contributed by atoms with Gasteiger partial charge < -0.3 is 15.5 Å². The van der Waals surface area contributed by atoms with E-state index in [-0.39, 0.29) is 30.7 Å². The zero-order chi connectivity index (χ0) is 19.8. The molecule has 0 aliphatic rings. The third kappa shape index (κ3) is 5.97. The fourth-order valence-corrected chi connectivity index (χ4v) is 2.49. The van der Waals surface area contributed by atoms with Gasteiger partial charge in [-0.1, -0.05) is 6.07 Å². The molecule has 2 N–H and O–H groups in total. The van der Waals surface area contributed by atoms with E-state index in [0.717, 1.165) is 0 Å². The van der Waals surface area contributed by atoms with Crippen LogP contribution in [0.3, 0.4) is 0 Å². The predicted octanol–water partition coefficient (Wildman–Crippen LogP) is 2.90. The zero-order valence-electron chi connectivity index (χ0n) is 15.2. The van der Waals surface area contributed by atoms with Crippen LogP contribution in [0.1, 0.15) is 25.8 Å².